The van der Waals surface area contributed by atoms with Crippen molar-refractivity contribution in [1.29, 1.82) is 0 Å². The quantitative estimate of drug-likeness (QED) is 0.823. The fourth-order valence-corrected chi connectivity index (χ4v) is 5.94. The van der Waals surface area contributed by atoms with Crippen molar-refractivity contribution in [3.05, 3.63) is 0 Å². The van der Waals surface area contributed by atoms with E-state index in [-0.39, 0.29) is 11.9 Å². The molecule has 6 nitrogen and oxygen atoms in total. The van der Waals surface area contributed by atoms with Gasteiger partial charge in [0, 0.05) is 18.3 Å². The Bertz CT molecular complexity index is 426. The maximum absolute atomic E-state index is 12.5. The van der Waals surface area contributed by atoms with Crippen LogP contribution in [0.5, 0.6) is 0 Å². The highest BCUT2D eigenvalue weighted by atomic mass is 32.2. The van der Waals surface area contributed by atoms with Gasteiger partial charge in [0.1, 0.15) is 6.04 Å². The van der Waals surface area contributed by atoms with E-state index in [1.165, 1.54) is 16.1 Å². The lowest BCUT2D eigenvalue weighted by atomic mass is 10.1. The zero-order valence-corrected chi connectivity index (χ0v) is 11.9. The standard InChI is InChI=1S/C10H18N2O4S2/c1-8-4-2-3-5-11(8)18(15,16)12-7-17-6-9(12)10(13)14/h8-9H,2-7H2,1H3,(H,13,14)/t8?,9-/m1/s1. The van der Waals surface area contributed by atoms with Crippen molar-refractivity contribution in [2.45, 2.75) is 38.3 Å². The van der Waals surface area contributed by atoms with E-state index in [4.69, 9.17) is 5.11 Å². The van der Waals surface area contributed by atoms with Gasteiger partial charge in [0.2, 0.25) is 0 Å². The van der Waals surface area contributed by atoms with Crippen LogP contribution < -0.4 is 0 Å². The Morgan fingerprint density at radius 1 is 1.33 bits per heavy atom. The summed E-state index contributed by atoms with van der Waals surface area (Å²) in [5.41, 5.74) is 0. The predicted molar refractivity (Wildman–Crippen MR) is 69.5 cm³/mol. The third kappa shape index (κ3) is 2.52. The molecule has 0 aliphatic carbocycles. The average Bonchev–Trinajstić information content (AvgIpc) is 2.78. The molecule has 0 saturated carbocycles. The van der Waals surface area contributed by atoms with E-state index in [0.29, 0.717) is 12.3 Å². The average molecular weight is 294 g/mol. The maximum Gasteiger partial charge on any atom is 0.322 e. The minimum absolute atomic E-state index is 0.0382. The van der Waals surface area contributed by atoms with Gasteiger partial charge < -0.3 is 5.11 Å². The van der Waals surface area contributed by atoms with Crippen LogP contribution in [0, 0.1) is 0 Å². The van der Waals surface area contributed by atoms with Crippen LogP contribution in [-0.2, 0) is 15.0 Å². The summed E-state index contributed by atoms with van der Waals surface area (Å²) in [6, 6.07) is -0.960. The number of carbonyl (C=O) groups is 1. The molecular weight excluding hydrogens is 276 g/mol. The van der Waals surface area contributed by atoms with Crippen LogP contribution in [-0.4, -0.2) is 58.4 Å². The second-order valence-electron chi connectivity index (χ2n) is 4.70. The lowest BCUT2D eigenvalue weighted by Crippen LogP contribution is -2.53. The highest BCUT2D eigenvalue weighted by molar-refractivity contribution is 8.00. The number of aliphatic carboxylic acids is 1. The van der Waals surface area contributed by atoms with Gasteiger partial charge in [-0.3, -0.25) is 4.79 Å². The van der Waals surface area contributed by atoms with Gasteiger partial charge in [0.25, 0.3) is 10.2 Å². The van der Waals surface area contributed by atoms with Crippen molar-refractivity contribution < 1.29 is 18.3 Å². The van der Waals surface area contributed by atoms with Crippen LogP contribution in [0.1, 0.15) is 26.2 Å². The van der Waals surface area contributed by atoms with Crippen molar-refractivity contribution in [3.8, 4) is 0 Å². The first kappa shape index (κ1) is 14.1. The molecule has 0 aromatic heterocycles. The predicted octanol–water partition coefficient (Wildman–Crippen LogP) is 0.565. The Hall–Kier alpha value is -0.310. The second-order valence-corrected chi connectivity index (χ2v) is 7.54. The molecule has 104 valence electrons. The molecule has 2 atom stereocenters. The molecule has 0 aromatic rings. The maximum atomic E-state index is 12.5. The van der Waals surface area contributed by atoms with Gasteiger partial charge in [-0.05, 0) is 19.8 Å². The number of hydrogen-bond donors (Lipinski definition) is 1. The topological polar surface area (TPSA) is 77.9 Å². The lowest BCUT2D eigenvalue weighted by molar-refractivity contribution is -0.140. The summed E-state index contributed by atoms with van der Waals surface area (Å²) in [6.45, 7) is 2.38. The van der Waals surface area contributed by atoms with Crippen LogP contribution in [0.2, 0.25) is 0 Å². The Kier molecular flexibility index (Phi) is 4.20. The van der Waals surface area contributed by atoms with Gasteiger partial charge in [-0.25, -0.2) is 0 Å². The Labute approximate surface area is 112 Å². The number of rotatable bonds is 3. The van der Waals surface area contributed by atoms with E-state index in [0.717, 1.165) is 23.6 Å². The van der Waals surface area contributed by atoms with E-state index in [2.05, 4.69) is 0 Å². The summed E-state index contributed by atoms with van der Waals surface area (Å²) >= 11 is 1.35. The minimum atomic E-state index is -3.64. The van der Waals surface area contributed by atoms with Gasteiger partial charge in [0.15, 0.2) is 0 Å². The SMILES string of the molecule is CC1CCCCN1S(=O)(=O)N1CSC[C@@H]1C(=O)O. The van der Waals surface area contributed by atoms with Gasteiger partial charge in [-0.2, -0.15) is 17.0 Å². The fourth-order valence-electron chi connectivity index (χ4n) is 2.40. The third-order valence-electron chi connectivity index (χ3n) is 3.46. The van der Waals surface area contributed by atoms with Crippen LogP contribution >= 0.6 is 11.8 Å². The number of thioether (sulfide) groups is 1. The van der Waals surface area contributed by atoms with E-state index < -0.39 is 22.2 Å². The summed E-state index contributed by atoms with van der Waals surface area (Å²) in [5, 5.41) is 9.07. The zero-order valence-electron chi connectivity index (χ0n) is 10.3. The monoisotopic (exact) mass is 294 g/mol. The van der Waals surface area contributed by atoms with Gasteiger partial charge in [-0.15, -0.1) is 11.8 Å². The number of carboxylic acids is 1. The summed E-state index contributed by atoms with van der Waals surface area (Å²) < 4.78 is 27.6. The first-order valence-corrected chi connectivity index (χ1v) is 8.59. The number of piperidine rings is 1. The first-order chi connectivity index (χ1) is 8.44. The van der Waals surface area contributed by atoms with Crippen LogP contribution in [0.4, 0.5) is 0 Å². The Morgan fingerprint density at radius 2 is 2.06 bits per heavy atom. The van der Waals surface area contributed by atoms with E-state index in [1.807, 2.05) is 6.92 Å². The molecular formula is C10H18N2O4S2. The fraction of sp³-hybridized carbons (Fsp3) is 0.900. The number of carboxylic acid groups (broad SMARTS) is 1. The van der Waals surface area contributed by atoms with Gasteiger partial charge in [0.05, 0.1) is 5.88 Å². The van der Waals surface area contributed by atoms with E-state index in [1.54, 1.807) is 0 Å². The van der Waals surface area contributed by atoms with E-state index >= 15 is 0 Å². The van der Waals surface area contributed by atoms with E-state index in [9.17, 15) is 13.2 Å². The number of nitrogens with zero attached hydrogens (tertiary/aromatic N) is 2. The molecule has 18 heavy (non-hydrogen) atoms. The minimum Gasteiger partial charge on any atom is -0.480 e. The van der Waals surface area contributed by atoms with Crippen molar-refractivity contribution in [3.63, 3.8) is 0 Å². The summed E-state index contributed by atoms with van der Waals surface area (Å²) in [6.07, 6.45) is 2.73. The summed E-state index contributed by atoms with van der Waals surface area (Å²) in [7, 11) is -3.64. The normalized spacial score (nSPS) is 31.6. The molecule has 1 N–H and O–H groups in total. The van der Waals surface area contributed by atoms with Crippen LogP contribution in [0.3, 0.4) is 0 Å². The van der Waals surface area contributed by atoms with Crippen molar-refractivity contribution in [2.75, 3.05) is 18.2 Å². The van der Waals surface area contributed by atoms with Crippen molar-refractivity contribution >= 4 is 27.9 Å². The molecule has 2 aliphatic rings. The smallest absolute Gasteiger partial charge is 0.322 e. The lowest BCUT2D eigenvalue weighted by Gasteiger charge is -2.35. The molecule has 8 heteroatoms. The molecule has 2 heterocycles. The van der Waals surface area contributed by atoms with Crippen molar-refractivity contribution in [2.24, 2.45) is 0 Å². The molecule has 0 amide bonds. The summed E-state index contributed by atoms with van der Waals surface area (Å²) in [5.74, 6) is -0.493. The summed E-state index contributed by atoms with van der Waals surface area (Å²) in [4.78, 5) is 11.1. The molecule has 1 unspecified atom stereocenters. The molecule has 2 fully saturated rings. The molecule has 2 aliphatic heterocycles. The highest BCUT2D eigenvalue weighted by Crippen LogP contribution is 2.29. The molecule has 2 saturated heterocycles. The largest absolute Gasteiger partial charge is 0.480 e. The molecule has 0 aromatic carbocycles. The van der Waals surface area contributed by atoms with Crippen LogP contribution in [0.25, 0.3) is 0 Å². The Morgan fingerprint density at radius 3 is 2.67 bits per heavy atom. The van der Waals surface area contributed by atoms with Gasteiger partial charge >= 0.3 is 5.97 Å². The Balaban J connectivity index is 2.22. The first-order valence-electron chi connectivity index (χ1n) is 6.03. The number of hydrogen-bond acceptors (Lipinski definition) is 4. The van der Waals surface area contributed by atoms with Crippen LogP contribution in [0.15, 0.2) is 0 Å². The second kappa shape index (κ2) is 5.36. The molecule has 0 bridgehead atoms. The highest BCUT2D eigenvalue weighted by Gasteiger charge is 2.43. The molecule has 0 radical (unpaired) electrons. The third-order valence-corrected chi connectivity index (χ3v) is 6.75. The van der Waals surface area contributed by atoms with Crippen molar-refractivity contribution in [1.82, 2.24) is 8.61 Å². The molecule has 2 rings (SSSR count). The molecule has 0 spiro atoms. The van der Waals surface area contributed by atoms with Gasteiger partial charge in [-0.1, -0.05) is 6.42 Å². The zero-order chi connectivity index (χ0) is 13.3.